The fourth-order valence-electron chi connectivity index (χ4n) is 3.19. The SMILES string of the molecule is CCn1c(CSc2nc(C)cc(C)n2)nnc1SCCN1CCCCC1. The third-order valence-electron chi connectivity index (χ3n) is 4.49. The molecule has 1 fully saturated rings. The molecule has 0 bridgehead atoms. The maximum Gasteiger partial charge on any atom is 0.191 e. The number of thioether (sulfide) groups is 2. The third-order valence-corrected chi connectivity index (χ3v) is 6.28. The van der Waals surface area contributed by atoms with Gasteiger partial charge in [-0.25, -0.2) is 9.97 Å². The van der Waals surface area contributed by atoms with E-state index in [0.29, 0.717) is 0 Å². The van der Waals surface area contributed by atoms with Gasteiger partial charge in [0, 0.05) is 30.2 Å². The van der Waals surface area contributed by atoms with Crippen LogP contribution in [0.15, 0.2) is 16.4 Å². The third kappa shape index (κ3) is 5.44. The van der Waals surface area contributed by atoms with E-state index in [1.165, 1.54) is 32.4 Å². The van der Waals surface area contributed by atoms with Crippen LogP contribution in [0.2, 0.25) is 0 Å². The molecular formula is C18H28N6S2. The molecule has 0 N–H and O–H groups in total. The molecule has 0 amide bonds. The minimum atomic E-state index is 0.746. The van der Waals surface area contributed by atoms with Gasteiger partial charge in [-0.15, -0.1) is 10.2 Å². The van der Waals surface area contributed by atoms with Gasteiger partial charge in [0.25, 0.3) is 0 Å². The van der Waals surface area contributed by atoms with E-state index in [1.54, 1.807) is 11.8 Å². The van der Waals surface area contributed by atoms with Gasteiger partial charge in [0.05, 0.1) is 5.75 Å². The average molecular weight is 393 g/mol. The lowest BCUT2D eigenvalue weighted by molar-refractivity contribution is 0.242. The summed E-state index contributed by atoms with van der Waals surface area (Å²) in [7, 11) is 0. The Labute approximate surface area is 164 Å². The van der Waals surface area contributed by atoms with E-state index in [2.05, 4.69) is 36.6 Å². The van der Waals surface area contributed by atoms with Crippen LogP contribution in [0.3, 0.4) is 0 Å². The number of aromatic nitrogens is 5. The molecule has 0 aliphatic carbocycles. The highest BCUT2D eigenvalue weighted by molar-refractivity contribution is 7.99. The summed E-state index contributed by atoms with van der Waals surface area (Å²) in [5, 5.41) is 10.7. The first-order valence-corrected chi connectivity index (χ1v) is 11.3. The van der Waals surface area contributed by atoms with E-state index in [0.717, 1.165) is 52.1 Å². The van der Waals surface area contributed by atoms with E-state index in [1.807, 2.05) is 31.7 Å². The van der Waals surface area contributed by atoms with Crippen molar-refractivity contribution in [1.29, 1.82) is 0 Å². The number of piperidine rings is 1. The second-order valence-electron chi connectivity index (χ2n) is 6.62. The van der Waals surface area contributed by atoms with Crippen LogP contribution in [0.25, 0.3) is 0 Å². The lowest BCUT2D eigenvalue weighted by Crippen LogP contribution is -2.31. The molecule has 1 aliphatic rings. The maximum atomic E-state index is 4.50. The van der Waals surface area contributed by atoms with Crippen LogP contribution in [0.4, 0.5) is 0 Å². The zero-order valence-corrected chi connectivity index (χ0v) is 17.6. The van der Waals surface area contributed by atoms with Crippen molar-refractivity contribution in [3.8, 4) is 0 Å². The van der Waals surface area contributed by atoms with Crippen LogP contribution >= 0.6 is 23.5 Å². The number of hydrogen-bond donors (Lipinski definition) is 0. The topological polar surface area (TPSA) is 59.7 Å². The Bertz CT molecular complexity index is 691. The Morgan fingerprint density at radius 1 is 1.00 bits per heavy atom. The fourth-order valence-corrected chi connectivity index (χ4v) is 5.10. The molecule has 3 heterocycles. The second-order valence-corrected chi connectivity index (χ2v) is 8.62. The molecule has 1 saturated heterocycles. The molecule has 3 rings (SSSR count). The zero-order valence-electron chi connectivity index (χ0n) is 15.9. The van der Waals surface area contributed by atoms with Gasteiger partial charge in [0.1, 0.15) is 5.82 Å². The number of nitrogens with zero attached hydrogens (tertiary/aromatic N) is 6. The van der Waals surface area contributed by atoms with Crippen LogP contribution in [-0.2, 0) is 12.3 Å². The molecule has 1 aliphatic heterocycles. The number of rotatable bonds is 8. The second kappa shape index (κ2) is 9.71. The normalized spacial score (nSPS) is 15.5. The molecule has 8 heteroatoms. The van der Waals surface area contributed by atoms with Crippen LogP contribution in [0, 0.1) is 13.8 Å². The summed E-state index contributed by atoms with van der Waals surface area (Å²) < 4.78 is 2.22. The molecular weight excluding hydrogens is 364 g/mol. The minimum absolute atomic E-state index is 0.746. The van der Waals surface area contributed by atoms with Gasteiger partial charge >= 0.3 is 0 Å². The molecule has 2 aromatic heterocycles. The van der Waals surface area contributed by atoms with Gasteiger partial charge in [-0.3, -0.25) is 0 Å². The van der Waals surface area contributed by atoms with Crippen LogP contribution in [0.1, 0.15) is 43.4 Å². The molecule has 26 heavy (non-hydrogen) atoms. The van der Waals surface area contributed by atoms with Gasteiger partial charge < -0.3 is 9.47 Å². The van der Waals surface area contributed by atoms with Crippen molar-refractivity contribution >= 4 is 23.5 Å². The molecule has 6 nitrogen and oxygen atoms in total. The molecule has 0 atom stereocenters. The van der Waals surface area contributed by atoms with Gasteiger partial charge in [0.2, 0.25) is 0 Å². The van der Waals surface area contributed by atoms with Crippen molar-refractivity contribution in [1.82, 2.24) is 29.6 Å². The smallest absolute Gasteiger partial charge is 0.191 e. The van der Waals surface area contributed by atoms with E-state index in [4.69, 9.17) is 0 Å². The summed E-state index contributed by atoms with van der Waals surface area (Å²) >= 11 is 3.45. The first-order chi connectivity index (χ1) is 12.7. The van der Waals surface area contributed by atoms with Crippen molar-refractivity contribution in [2.75, 3.05) is 25.4 Å². The van der Waals surface area contributed by atoms with Crippen molar-refractivity contribution in [2.24, 2.45) is 0 Å². The van der Waals surface area contributed by atoms with E-state index in [-0.39, 0.29) is 0 Å². The lowest BCUT2D eigenvalue weighted by Gasteiger charge is -2.25. The number of likely N-dealkylation sites (tertiary alicyclic amines) is 1. The summed E-state index contributed by atoms with van der Waals surface area (Å²) in [5.74, 6) is 2.82. The Morgan fingerprint density at radius 3 is 2.42 bits per heavy atom. The van der Waals surface area contributed by atoms with Gasteiger partial charge in [0.15, 0.2) is 10.3 Å². The monoisotopic (exact) mass is 392 g/mol. The van der Waals surface area contributed by atoms with Crippen LogP contribution < -0.4 is 0 Å². The first kappa shape index (κ1) is 19.6. The Morgan fingerprint density at radius 2 is 1.73 bits per heavy atom. The maximum absolute atomic E-state index is 4.50. The highest BCUT2D eigenvalue weighted by Gasteiger charge is 2.14. The summed E-state index contributed by atoms with van der Waals surface area (Å²) in [4.78, 5) is 11.6. The average Bonchev–Trinajstić information content (AvgIpc) is 3.02. The summed E-state index contributed by atoms with van der Waals surface area (Å²) in [5.41, 5.74) is 2.01. The Hall–Kier alpha value is -1.12. The summed E-state index contributed by atoms with van der Waals surface area (Å²) in [6.07, 6.45) is 4.08. The highest BCUT2D eigenvalue weighted by Crippen LogP contribution is 2.23. The van der Waals surface area contributed by atoms with Crippen LogP contribution in [-0.4, -0.2) is 55.0 Å². The zero-order chi connectivity index (χ0) is 18.4. The van der Waals surface area contributed by atoms with Crippen molar-refractivity contribution < 1.29 is 0 Å². The molecule has 0 aromatic carbocycles. The predicted molar refractivity (Wildman–Crippen MR) is 108 cm³/mol. The summed E-state index contributed by atoms with van der Waals surface area (Å²) in [6, 6.07) is 2.00. The van der Waals surface area contributed by atoms with Crippen molar-refractivity contribution in [2.45, 2.75) is 62.6 Å². The van der Waals surface area contributed by atoms with Gasteiger partial charge in [-0.1, -0.05) is 29.9 Å². The van der Waals surface area contributed by atoms with Crippen molar-refractivity contribution in [3.63, 3.8) is 0 Å². The van der Waals surface area contributed by atoms with E-state index >= 15 is 0 Å². The predicted octanol–water partition coefficient (Wildman–Crippen LogP) is 3.58. The lowest BCUT2D eigenvalue weighted by atomic mass is 10.1. The first-order valence-electron chi connectivity index (χ1n) is 9.38. The summed E-state index contributed by atoms with van der Waals surface area (Å²) in [6.45, 7) is 10.7. The largest absolute Gasteiger partial charge is 0.306 e. The molecule has 142 valence electrons. The standard InChI is InChI=1S/C18H28N6S2/c1-4-24-16(13-26-17-19-14(2)12-15(3)20-17)21-22-18(24)25-11-10-23-8-6-5-7-9-23/h12H,4-11,13H2,1-3H3. The Kier molecular flexibility index (Phi) is 7.33. The van der Waals surface area contributed by atoms with E-state index < -0.39 is 0 Å². The van der Waals surface area contributed by atoms with Gasteiger partial charge in [-0.2, -0.15) is 0 Å². The molecule has 0 saturated carbocycles. The van der Waals surface area contributed by atoms with Gasteiger partial charge in [-0.05, 0) is 52.8 Å². The molecule has 0 unspecified atom stereocenters. The molecule has 0 spiro atoms. The number of hydrogen-bond acceptors (Lipinski definition) is 7. The quantitative estimate of drug-likeness (QED) is 0.503. The van der Waals surface area contributed by atoms with Crippen LogP contribution in [0.5, 0.6) is 0 Å². The highest BCUT2D eigenvalue weighted by atomic mass is 32.2. The fraction of sp³-hybridized carbons (Fsp3) is 0.667. The number of aryl methyl sites for hydroxylation is 2. The van der Waals surface area contributed by atoms with E-state index in [9.17, 15) is 0 Å². The minimum Gasteiger partial charge on any atom is -0.306 e. The Balaban J connectivity index is 1.55. The molecule has 0 radical (unpaired) electrons. The molecule has 2 aromatic rings. The van der Waals surface area contributed by atoms with Crippen molar-refractivity contribution in [3.05, 3.63) is 23.3 Å².